The van der Waals surface area contributed by atoms with Crippen molar-refractivity contribution < 1.29 is 5.11 Å². The SMILES string of the molecule is CC(C)CC[C@H](N)c1cccc(Br)c1O.Cl. The van der Waals surface area contributed by atoms with Crippen molar-refractivity contribution in [3.63, 3.8) is 0 Å². The third kappa shape index (κ3) is 4.32. The highest BCUT2D eigenvalue weighted by Gasteiger charge is 2.12. The normalized spacial score (nSPS) is 12.3. The van der Waals surface area contributed by atoms with Gasteiger partial charge in [-0.1, -0.05) is 26.0 Å². The van der Waals surface area contributed by atoms with Gasteiger partial charge in [0.1, 0.15) is 5.75 Å². The largest absolute Gasteiger partial charge is 0.506 e. The molecule has 0 spiro atoms. The van der Waals surface area contributed by atoms with Crippen molar-refractivity contribution in [2.24, 2.45) is 11.7 Å². The minimum atomic E-state index is -0.0788. The first kappa shape index (κ1) is 15.8. The standard InChI is InChI=1S/C12H18BrNO.ClH/c1-8(2)6-7-11(14)9-4-3-5-10(13)12(9)15;/h3-5,8,11,15H,6-7,14H2,1-2H3;1H/t11-;/m0./s1. The van der Waals surface area contributed by atoms with Crippen LogP contribution in [0.15, 0.2) is 22.7 Å². The molecule has 4 heteroatoms. The maximum Gasteiger partial charge on any atom is 0.134 e. The number of nitrogens with two attached hydrogens (primary N) is 1. The Morgan fingerprint density at radius 3 is 2.50 bits per heavy atom. The number of benzene rings is 1. The second kappa shape index (κ2) is 7.15. The molecular formula is C12H19BrClNO. The van der Waals surface area contributed by atoms with Crippen molar-refractivity contribution in [2.45, 2.75) is 32.7 Å². The lowest BCUT2D eigenvalue weighted by Crippen LogP contribution is -2.11. The van der Waals surface area contributed by atoms with Crippen LogP contribution in [0.3, 0.4) is 0 Å². The van der Waals surface area contributed by atoms with E-state index in [1.165, 1.54) is 0 Å². The summed E-state index contributed by atoms with van der Waals surface area (Å²) in [5, 5.41) is 9.81. The van der Waals surface area contributed by atoms with E-state index in [-0.39, 0.29) is 24.2 Å². The second-order valence-corrected chi connectivity index (χ2v) is 5.11. The number of hydrogen-bond donors (Lipinski definition) is 2. The Labute approximate surface area is 112 Å². The lowest BCUT2D eigenvalue weighted by atomic mass is 9.98. The van der Waals surface area contributed by atoms with E-state index in [2.05, 4.69) is 29.8 Å². The molecule has 0 amide bonds. The zero-order valence-electron chi connectivity index (χ0n) is 9.61. The van der Waals surface area contributed by atoms with Crippen molar-refractivity contribution in [1.82, 2.24) is 0 Å². The Kier molecular flexibility index (Phi) is 7.04. The highest BCUT2D eigenvalue weighted by molar-refractivity contribution is 9.10. The molecule has 0 saturated heterocycles. The summed E-state index contributed by atoms with van der Waals surface area (Å²) >= 11 is 3.29. The fourth-order valence-corrected chi connectivity index (χ4v) is 1.88. The first-order valence-corrected chi connectivity index (χ1v) is 6.04. The Bertz CT molecular complexity index is 331. The summed E-state index contributed by atoms with van der Waals surface area (Å²) in [5.74, 6) is 0.916. The minimum Gasteiger partial charge on any atom is -0.506 e. The van der Waals surface area contributed by atoms with Crippen LogP contribution < -0.4 is 5.73 Å². The number of halogens is 2. The summed E-state index contributed by atoms with van der Waals surface area (Å²) < 4.78 is 0.708. The molecule has 0 aliphatic carbocycles. The molecule has 0 aromatic heterocycles. The van der Waals surface area contributed by atoms with Crippen molar-refractivity contribution in [2.75, 3.05) is 0 Å². The van der Waals surface area contributed by atoms with Gasteiger partial charge < -0.3 is 10.8 Å². The van der Waals surface area contributed by atoms with E-state index < -0.39 is 0 Å². The molecule has 1 rings (SSSR count). The average Bonchev–Trinajstić information content (AvgIpc) is 2.18. The lowest BCUT2D eigenvalue weighted by Gasteiger charge is -2.15. The summed E-state index contributed by atoms with van der Waals surface area (Å²) in [6.45, 7) is 4.35. The number of para-hydroxylation sites is 1. The molecule has 1 aromatic rings. The van der Waals surface area contributed by atoms with Crippen LogP contribution in [0.4, 0.5) is 0 Å². The minimum absolute atomic E-state index is 0. The van der Waals surface area contributed by atoms with Gasteiger partial charge in [0.15, 0.2) is 0 Å². The second-order valence-electron chi connectivity index (χ2n) is 4.26. The van der Waals surface area contributed by atoms with Crippen LogP contribution in [-0.4, -0.2) is 5.11 Å². The maximum absolute atomic E-state index is 9.81. The maximum atomic E-state index is 9.81. The molecule has 0 radical (unpaired) electrons. The average molecular weight is 309 g/mol. The lowest BCUT2D eigenvalue weighted by molar-refractivity contribution is 0.445. The van der Waals surface area contributed by atoms with E-state index in [0.29, 0.717) is 10.4 Å². The molecule has 1 atom stereocenters. The molecule has 0 unspecified atom stereocenters. The molecule has 0 aliphatic rings. The first-order valence-electron chi connectivity index (χ1n) is 5.25. The van der Waals surface area contributed by atoms with E-state index in [9.17, 15) is 5.11 Å². The van der Waals surface area contributed by atoms with Crippen LogP contribution in [0, 0.1) is 5.92 Å². The fraction of sp³-hybridized carbons (Fsp3) is 0.500. The van der Waals surface area contributed by atoms with Crippen molar-refractivity contribution in [1.29, 1.82) is 0 Å². The summed E-state index contributed by atoms with van der Waals surface area (Å²) in [4.78, 5) is 0. The van der Waals surface area contributed by atoms with Gasteiger partial charge in [-0.05, 0) is 40.8 Å². The molecule has 16 heavy (non-hydrogen) atoms. The number of aromatic hydroxyl groups is 1. The Hall–Kier alpha value is -0.250. The highest BCUT2D eigenvalue weighted by atomic mass is 79.9. The first-order chi connectivity index (χ1) is 7.02. The predicted molar refractivity (Wildman–Crippen MR) is 74.1 cm³/mol. The van der Waals surface area contributed by atoms with E-state index >= 15 is 0 Å². The van der Waals surface area contributed by atoms with Gasteiger partial charge in [-0.25, -0.2) is 0 Å². The van der Waals surface area contributed by atoms with Crippen LogP contribution in [0.25, 0.3) is 0 Å². The summed E-state index contributed by atoms with van der Waals surface area (Å²) in [6.07, 6.45) is 1.98. The molecule has 0 bridgehead atoms. The Morgan fingerprint density at radius 1 is 1.31 bits per heavy atom. The van der Waals surface area contributed by atoms with Crippen molar-refractivity contribution in [3.05, 3.63) is 28.2 Å². The predicted octanol–water partition coefficient (Wildman–Crippen LogP) is 4.01. The van der Waals surface area contributed by atoms with Gasteiger partial charge >= 0.3 is 0 Å². The molecule has 1 aromatic carbocycles. The van der Waals surface area contributed by atoms with Crippen LogP contribution in [0.1, 0.15) is 38.3 Å². The van der Waals surface area contributed by atoms with Gasteiger partial charge in [-0.3, -0.25) is 0 Å². The number of phenolic OH excluding ortho intramolecular Hbond substituents is 1. The van der Waals surface area contributed by atoms with Crippen LogP contribution in [-0.2, 0) is 0 Å². The Balaban J connectivity index is 0.00000225. The molecule has 0 saturated carbocycles. The zero-order chi connectivity index (χ0) is 11.4. The molecular weight excluding hydrogens is 289 g/mol. The summed E-state index contributed by atoms with van der Waals surface area (Å²) in [7, 11) is 0. The van der Waals surface area contributed by atoms with Gasteiger partial charge in [0.25, 0.3) is 0 Å². The quantitative estimate of drug-likeness (QED) is 0.882. The number of rotatable bonds is 4. The van der Waals surface area contributed by atoms with Crippen LogP contribution in [0.5, 0.6) is 5.75 Å². The number of phenols is 1. The molecule has 0 fully saturated rings. The molecule has 2 nitrogen and oxygen atoms in total. The van der Waals surface area contributed by atoms with Gasteiger partial charge in [0.2, 0.25) is 0 Å². The van der Waals surface area contributed by atoms with Crippen LogP contribution in [0.2, 0.25) is 0 Å². The fourth-order valence-electron chi connectivity index (χ4n) is 1.50. The Morgan fingerprint density at radius 2 is 1.94 bits per heavy atom. The topological polar surface area (TPSA) is 46.2 Å². The molecule has 3 N–H and O–H groups in total. The molecule has 0 aliphatic heterocycles. The third-order valence-electron chi connectivity index (χ3n) is 2.47. The van der Waals surface area contributed by atoms with Crippen molar-refractivity contribution in [3.8, 4) is 5.75 Å². The summed E-state index contributed by atoms with van der Waals surface area (Å²) in [5.41, 5.74) is 6.86. The van der Waals surface area contributed by atoms with Gasteiger partial charge in [0.05, 0.1) is 4.47 Å². The van der Waals surface area contributed by atoms with Gasteiger partial charge in [-0.15, -0.1) is 12.4 Å². The van der Waals surface area contributed by atoms with Crippen LogP contribution >= 0.6 is 28.3 Å². The van der Waals surface area contributed by atoms with E-state index in [1.54, 1.807) is 0 Å². The van der Waals surface area contributed by atoms with E-state index in [0.717, 1.165) is 18.4 Å². The number of hydrogen-bond acceptors (Lipinski definition) is 2. The highest BCUT2D eigenvalue weighted by Crippen LogP contribution is 2.32. The zero-order valence-corrected chi connectivity index (χ0v) is 12.0. The van der Waals surface area contributed by atoms with E-state index in [4.69, 9.17) is 5.73 Å². The van der Waals surface area contributed by atoms with Crippen molar-refractivity contribution >= 4 is 28.3 Å². The molecule has 0 heterocycles. The summed E-state index contributed by atoms with van der Waals surface area (Å²) in [6, 6.07) is 5.51. The van der Waals surface area contributed by atoms with E-state index in [1.807, 2.05) is 18.2 Å². The molecule has 92 valence electrons. The van der Waals surface area contributed by atoms with Gasteiger partial charge in [0, 0.05) is 11.6 Å². The third-order valence-corrected chi connectivity index (χ3v) is 3.11. The van der Waals surface area contributed by atoms with Gasteiger partial charge in [-0.2, -0.15) is 0 Å². The monoisotopic (exact) mass is 307 g/mol. The smallest absolute Gasteiger partial charge is 0.134 e.